The molecule has 2 rings (SSSR count). The average Bonchev–Trinajstić information content (AvgIpc) is 2.48. The third kappa shape index (κ3) is 3.78. The number of rotatable bonds is 5. The Kier molecular flexibility index (Phi) is 4.87. The molecule has 0 N–H and O–H groups in total. The summed E-state index contributed by atoms with van der Waals surface area (Å²) < 4.78 is 36.8. The van der Waals surface area contributed by atoms with Crippen molar-refractivity contribution in [3.8, 4) is 5.75 Å². The van der Waals surface area contributed by atoms with E-state index in [9.17, 15) is 13.6 Å². The van der Waals surface area contributed by atoms with Gasteiger partial charge in [-0.3, -0.25) is 4.79 Å². The van der Waals surface area contributed by atoms with Crippen molar-refractivity contribution in [3.63, 3.8) is 0 Å². The lowest BCUT2D eigenvalue weighted by Gasteiger charge is -2.11. The molecular formula is C16H14F2O3. The lowest BCUT2D eigenvalue weighted by atomic mass is 10.1. The van der Waals surface area contributed by atoms with E-state index in [0.29, 0.717) is 11.1 Å². The SMILES string of the molecule is COC(=O)Cc1ccccc1COc1c(F)cccc1F. The molecule has 2 aromatic rings. The van der Waals surface area contributed by atoms with Gasteiger partial charge in [-0.2, -0.15) is 0 Å². The molecule has 0 fully saturated rings. The quantitative estimate of drug-likeness (QED) is 0.794. The summed E-state index contributed by atoms with van der Waals surface area (Å²) in [7, 11) is 1.30. The number of carbonyl (C=O) groups is 1. The molecule has 0 amide bonds. The van der Waals surface area contributed by atoms with Crippen LogP contribution in [0, 0.1) is 11.6 Å². The minimum absolute atomic E-state index is 0.0367. The molecule has 2 aromatic carbocycles. The second-order valence-electron chi connectivity index (χ2n) is 4.36. The van der Waals surface area contributed by atoms with E-state index in [-0.39, 0.29) is 19.0 Å². The highest BCUT2D eigenvalue weighted by molar-refractivity contribution is 5.72. The second kappa shape index (κ2) is 6.83. The lowest BCUT2D eigenvalue weighted by molar-refractivity contribution is -0.139. The first kappa shape index (κ1) is 15.0. The molecule has 0 bridgehead atoms. The first-order valence-electron chi connectivity index (χ1n) is 6.32. The van der Waals surface area contributed by atoms with Gasteiger partial charge in [0.1, 0.15) is 6.61 Å². The van der Waals surface area contributed by atoms with Crippen LogP contribution in [-0.2, 0) is 22.6 Å². The second-order valence-corrected chi connectivity index (χ2v) is 4.36. The van der Waals surface area contributed by atoms with Crippen LogP contribution in [0.3, 0.4) is 0 Å². The van der Waals surface area contributed by atoms with Gasteiger partial charge in [-0.1, -0.05) is 30.3 Å². The summed E-state index contributed by atoms with van der Waals surface area (Å²) in [5.74, 6) is -2.34. The molecule has 0 aliphatic rings. The average molecular weight is 292 g/mol. The summed E-state index contributed by atoms with van der Waals surface area (Å²) in [6.45, 7) is -0.0367. The summed E-state index contributed by atoms with van der Waals surface area (Å²) >= 11 is 0. The number of methoxy groups -OCH3 is 1. The van der Waals surface area contributed by atoms with Crippen molar-refractivity contribution in [2.75, 3.05) is 7.11 Å². The number of benzene rings is 2. The van der Waals surface area contributed by atoms with Crippen LogP contribution in [0.15, 0.2) is 42.5 Å². The summed E-state index contributed by atoms with van der Waals surface area (Å²) in [4.78, 5) is 11.3. The number of ether oxygens (including phenoxy) is 2. The zero-order valence-corrected chi connectivity index (χ0v) is 11.4. The molecule has 0 heterocycles. The van der Waals surface area contributed by atoms with Gasteiger partial charge in [-0.25, -0.2) is 8.78 Å². The summed E-state index contributed by atoms with van der Waals surface area (Å²) in [5, 5.41) is 0. The number of halogens is 2. The predicted molar refractivity (Wildman–Crippen MR) is 72.9 cm³/mol. The highest BCUT2D eigenvalue weighted by Crippen LogP contribution is 2.22. The number of hydrogen-bond donors (Lipinski definition) is 0. The maximum Gasteiger partial charge on any atom is 0.309 e. The highest BCUT2D eigenvalue weighted by atomic mass is 19.1. The van der Waals surface area contributed by atoms with Gasteiger partial charge in [0.25, 0.3) is 0 Å². The normalized spacial score (nSPS) is 10.2. The maximum atomic E-state index is 13.5. The zero-order valence-electron chi connectivity index (χ0n) is 11.4. The van der Waals surface area contributed by atoms with E-state index < -0.39 is 17.4 Å². The van der Waals surface area contributed by atoms with E-state index in [4.69, 9.17) is 4.74 Å². The van der Waals surface area contributed by atoms with E-state index in [1.54, 1.807) is 24.3 Å². The number of carbonyl (C=O) groups excluding carboxylic acids is 1. The summed E-state index contributed by atoms with van der Waals surface area (Å²) in [6, 6.07) is 10.5. The van der Waals surface area contributed by atoms with E-state index in [1.165, 1.54) is 13.2 Å². The molecule has 3 nitrogen and oxygen atoms in total. The Balaban J connectivity index is 2.15. The van der Waals surface area contributed by atoms with Gasteiger partial charge in [0.15, 0.2) is 17.4 Å². The molecule has 0 spiro atoms. The molecule has 110 valence electrons. The number of hydrogen-bond acceptors (Lipinski definition) is 3. The first-order valence-corrected chi connectivity index (χ1v) is 6.32. The fourth-order valence-electron chi connectivity index (χ4n) is 1.87. The van der Waals surface area contributed by atoms with Gasteiger partial charge in [0, 0.05) is 0 Å². The van der Waals surface area contributed by atoms with Gasteiger partial charge in [-0.15, -0.1) is 0 Å². The minimum Gasteiger partial charge on any atom is -0.483 e. The minimum atomic E-state index is -0.763. The molecule has 0 aliphatic heterocycles. The molecule has 0 saturated carbocycles. The molecular weight excluding hydrogens is 278 g/mol. The highest BCUT2D eigenvalue weighted by Gasteiger charge is 2.12. The topological polar surface area (TPSA) is 35.5 Å². The van der Waals surface area contributed by atoms with Gasteiger partial charge in [-0.05, 0) is 23.3 Å². The molecule has 0 unspecified atom stereocenters. The largest absolute Gasteiger partial charge is 0.483 e. The molecule has 0 radical (unpaired) electrons. The fourth-order valence-corrected chi connectivity index (χ4v) is 1.87. The predicted octanol–water partition coefficient (Wildman–Crippen LogP) is 3.26. The summed E-state index contributed by atoms with van der Waals surface area (Å²) in [6.07, 6.45) is 0.0792. The zero-order chi connectivity index (χ0) is 15.2. The van der Waals surface area contributed by atoms with Crippen molar-refractivity contribution in [2.24, 2.45) is 0 Å². The smallest absolute Gasteiger partial charge is 0.309 e. The van der Waals surface area contributed by atoms with Crippen LogP contribution in [-0.4, -0.2) is 13.1 Å². The van der Waals surface area contributed by atoms with Crippen molar-refractivity contribution >= 4 is 5.97 Å². The van der Waals surface area contributed by atoms with Crippen molar-refractivity contribution < 1.29 is 23.0 Å². The third-order valence-electron chi connectivity index (χ3n) is 2.97. The van der Waals surface area contributed by atoms with E-state index in [1.807, 2.05) is 0 Å². The first-order chi connectivity index (χ1) is 10.1. The fraction of sp³-hybridized carbons (Fsp3) is 0.188. The Morgan fingerprint density at radius 1 is 1.00 bits per heavy atom. The van der Waals surface area contributed by atoms with Crippen molar-refractivity contribution in [1.82, 2.24) is 0 Å². The third-order valence-corrected chi connectivity index (χ3v) is 2.97. The number of para-hydroxylation sites is 1. The van der Waals surface area contributed by atoms with E-state index in [0.717, 1.165) is 12.1 Å². The Hall–Kier alpha value is -2.43. The van der Waals surface area contributed by atoms with Crippen molar-refractivity contribution in [1.29, 1.82) is 0 Å². The van der Waals surface area contributed by atoms with Crippen LogP contribution >= 0.6 is 0 Å². The van der Waals surface area contributed by atoms with Crippen molar-refractivity contribution in [3.05, 3.63) is 65.2 Å². The van der Waals surface area contributed by atoms with Crippen LogP contribution in [0.4, 0.5) is 8.78 Å². The Morgan fingerprint density at radius 3 is 2.24 bits per heavy atom. The van der Waals surface area contributed by atoms with Crippen LogP contribution < -0.4 is 4.74 Å². The van der Waals surface area contributed by atoms with Gasteiger partial charge >= 0.3 is 5.97 Å². The van der Waals surface area contributed by atoms with Crippen LogP contribution in [0.1, 0.15) is 11.1 Å². The van der Waals surface area contributed by atoms with E-state index >= 15 is 0 Å². The van der Waals surface area contributed by atoms with Crippen LogP contribution in [0.5, 0.6) is 5.75 Å². The Labute approximate surface area is 121 Å². The van der Waals surface area contributed by atoms with E-state index in [2.05, 4.69) is 4.74 Å². The van der Waals surface area contributed by atoms with Crippen LogP contribution in [0.2, 0.25) is 0 Å². The molecule has 0 atom stereocenters. The molecule has 0 aliphatic carbocycles. The number of esters is 1. The molecule has 5 heteroatoms. The molecule has 21 heavy (non-hydrogen) atoms. The Bertz CT molecular complexity index is 621. The van der Waals surface area contributed by atoms with Gasteiger partial charge in [0.2, 0.25) is 0 Å². The summed E-state index contributed by atoms with van der Waals surface area (Å²) in [5.41, 5.74) is 1.37. The van der Waals surface area contributed by atoms with Crippen LogP contribution in [0.25, 0.3) is 0 Å². The monoisotopic (exact) mass is 292 g/mol. The Morgan fingerprint density at radius 2 is 1.62 bits per heavy atom. The van der Waals surface area contributed by atoms with Crippen molar-refractivity contribution in [2.45, 2.75) is 13.0 Å². The van der Waals surface area contributed by atoms with Gasteiger partial charge < -0.3 is 9.47 Å². The molecule has 0 saturated heterocycles. The standard InChI is InChI=1S/C16H14F2O3/c1-20-15(19)9-11-5-2-3-6-12(11)10-21-16-13(17)7-4-8-14(16)18/h2-8H,9-10H2,1H3. The lowest BCUT2D eigenvalue weighted by Crippen LogP contribution is -2.09. The molecule has 0 aromatic heterocycles. The van der Waals surface area contributed by atoms with Gasteiger partial charge in [0.05, 0.1) is 13.5 Å². The maximum absolute atomic E-state index is 13.5.